The lowest BCUT2D eigenvalue weighted by atomic mass is 10.1. The van der Waals surface area contributed by atoms with E-state index in [0.29, 0.717) is 10.8 Å². The summed E-state index contributed by atoms with van der Waals surface area (Å²) in [4.78, 5) is 28.1. The number of nitrogens with zero attached hydrogens (tertiary/aromatic N) is 2. The molecule has 2 aromatic heterocycles. The van der Waals surface area contributed by atoms with Crippen LogP contribution >= 0.6 is 0 Å². The summed E-state index contributed by atoms with van der Waals surface area (Å²) in [5.74, 6) is -0.336. The molecule has 1 aromatic carbocycles. The number of aromatic amines is 1. The Morgan fingerprint density at radius 1 is 1.14 bits per heavy atom. The molecule has 2 heterocycles. The minimum Gasteiger partial charge on any atom is -0.344 e. The van der Waals surface area contributed by atoms with Gasteiger partial charge in [0.1, 0.15) is 0 Å². The Balaban J connectivity index is 1.93. The van der Waals surface area contributed by atoms with Crippen LogP contribution in [0.1, 0.15) is 29.0 Å². The number of amides is 1. The van der Waals surface area contributed by atoms with Crippen molar-refractivity contribution in [1.82, 2.24) is 20.5 Å². The first kappa shape index (κ1) is 13.9. The zero-order chi connectivity index (χ0) is 15.5. The first-order chi connectivity index (χ1) is 10.7. The molecule has 1 amide bonds. The van der Waals surface area contributed by atoms with Gasteiger partial charge in [-0.05, 0) is 30.7 Å². The SMILES string of the molecule is CC(NC(=O)c1n[nH]c(=O)c2ccccc12)c1ccncc1. The zero-order valence-electron chi connectivity index (χ0n) is 11.9. The molecule has 0 fully saturated rings. The van der Waals surface area contributed by atoms with Crippen LogP contribution in [0, 0.1) is 0 Å². The minimum atomic E-state index is -0.336. The predicted molar refractivity (Wildman–Crippen MR) is 82.5 cm³/mol. The average Bonchev–Trinajstić information content (AvgIpc) is 2.56. The molecule has 6 heteroatoms. The van der Waals surface area contributed by atoms with Crippen molar-refractivity contribution in [3.63, 3.8) is 0 Å². The summed E-state index contributed by atoms with van der Waals surface area (Å²) < 4.78 is 0. The van der Waals surface area contributed by atoms with E-state index >= 15 is 0 Å². The smallest absolute Gasteiger partial charge is 0.272 e. The Morgan fingerprint density at radius 3 is 2.55 bits per heavy atom. The Kier molecular flexibility index (Phi) is 3.65. The maximum atomic E-state index is 12.4. The summed E-state index contributed by atoms with van der Waals surface area (Å²) in [5.41, 5.74) is 0.836. The number of pyridine rings is 1. The molecule has 3 rings (SSSR count). The summed E-state index contributed by atoms with van der Waals surface area (Å²) in [6.07, 6.45) is 3.34. The summed E-state index contributed by atoms with van der Waals surface area (Å²) in [7, 11) is 0. The fourth-order valence-corrected chi connectivity index (χ4v) is 2.29. The number of aromatic nitrogens is 3. The van der Waals surface area contributed by atoms with Crippen LogP contribution in [0.4, 0.5) is 0 Å². The standard InChI is InChI=1S/C16H14N4O2/c1-10(11-6-8-17-9-7-11)18-16(22)14-12-4-2-3-5-13(12)15(21)20-19-14/h2-10H,1H3,(H,18,22)(H,20,21). The van der Waals surface area contributed by atoms with E-state index in [4.69, 9.17) is 0 Å². The molecule has 0 aliphatic rings. The van der Waals surface area contributed by atoms with Crippen molar-refractivity contribution < 1.29 is 4.79 Å². The van der Waals surface area contributed by atoms with Gasteiger partial charge < -0.3 is 5.32 Å². The van der Waals surface area contributed by atoms with Crippen LogP contribution in [0.5, 0.6) is 0 Å². The van der Waals surface area contributed by atoms with Gasteiger partial charge in [-0.1, -0.05) is 18.2 Å². The third-order valence-electron chi connectivity index (χ3n) is 3.46. The molecule has 0 spiro atoms. The summed E-state index contributed by atoms with van der Waals surface area (Å²) in [5, 5.41) is 10.1. The van der Waals surface area contributed by atoms with Gasteiger partial charge >= 0.3 is 0 Å². The van der Waals surface area contributed by atoms with Crippen molar-refractivity contribution in [2.75, 3.05) is 0 Å². The molecule has 0 saturated carbocycles. The maximum absolute atomic E-state index is 12.4. The third kappa shape index (κ3) is 2.58. The van der Waals surface area contributed by atoms with Crippen LogP contribution in [0.15, 0.2) is 53.6 Å². The molecule has 0 saturated heterocycles. The van der Waals surface area contributed by atoms with E-state index in [-0.39, 0.29) is 23.2 Å². The van der Waals surface area contributed by atoms with E-state index < -0.39 is 0 Å². The van der Waals surface area contributed by atoms with Crippen molar-refractivity contribution >= 4 is 16.7 Å². The van der Waals surface area contributed by atoms with Crippen LogP contribution in [0.25, 0.3) is 10.8 Å². The number of carbonyl (C=O) groups is 1. The molecule has 110 valence electrons. The maximum Gasteiger partial charge on any atom is 0.272 e. The van der Waals surface area contributed by atoms with Crippen molar-refractivity contribution in [3.05, 3.63) is 70.4 Å². The van der Waals surface area contributed by atoms with Gasteiger partial charge in [0.15, 0.2) is 5.69 Å². The van der Waals surface area contributed by atoms with Crippen molar-refractivity contribution in [2.24, 2.45) is 0 Å². The molecule has 3 aromatic rings. The molecule has 1 atom stereocenters. The van der Waals surface area contributed by atoms with Crippen molar-refractivity contribution in [2.45, 2.75) is 13.0 Å². The predicted octanol–water partition coefficient (Wildman–Crippen LogP) is 1.81. The Hall–Kier alpha value is -3.02. The van der Waals surface area contributed by atoms with Crippen LogP contribution in [0.3, 0.4) is 0 Å². The highest BCUT2D eigenvalue weighted by Gasteiger charge is 2.16. The highest BCUT2D eigenvalue weighted by molar-refractivity contribution is 6.04. The van der Waals surface area contributed by atoms with Gasteiger partial charge in [-0.3, -0.25) is 14.6 Å². The van der Waals surface area contributed by atoms with Gasteiger partial charge in [-0.15, -0.1) is 0 Å². The fourth-order valence-electron chi connectivity index (χ4n) is 2.29. The summed E-state index contributed by atoms with van der Waals surface area (Å²) in [6, 6.07) is 10.4. The van der Waals surface area contributed by atoms with Gasteiger partial charge in [0.25, 0.3) is 11.5 Å². The van der Waals surface area contributed by atoms with Crippen LogP contribution in [-0.4, -0.2) is 21.1 Å². The van der Waals surface area contributed by atoms with Crippen LogP contribution in [0.2, 0.25) is 0 Å². The van der Waals surface area contributed by atoms with E-state index in [1.165, 1.54) is 0 Å². The second kappa shape index (κ2) is 5.77. The lowest BCUT2D eigenvalue weighted by Crippen LogP contribution is -2.29. The van der Waals surface area contributed by atoms with Crippen molar-refractivity contribution in [1.29, 1.82) is 0 Å². The quantitative estimate of drug-likeness (QED) is 0.771. The lowest BCUT2D eigenvalue weighted by Gasteiger charge is -2.14. The number of H-pyrrole nitrogens is 1. The Bertz CT molecular complexity index is 874. The molecule has 0 bridgehead atoms. The summed E-state index contributed by atoms with van der Waals surface area (Å²) >= 11 is 0. The van der Waals surface area contributed by atoms with E-state index in [1.807, 2.05) is 19.1 Å². The molecule has 0 aliphatic heterocycles. The van der Waals surface area contributed by atoms with E-state index in [2.05, 4.69) is 20.5 Å². The van der Waals surface area contributed by atoms with Gasteiger partial charge in [0.05, 0.1) is 11.4 Å². The Labute approximate surface area is 126 Å². The van der Waals surface area contributed by atoms with E-state index in [1.54, 1.807) is 36.7 Å². The molecule has 0 radical (unpaired) electrons. The molecule has 1 unspecified atom stereocenters. The average molecular weight is 294 g/mol. The monoisotopic (exact) mass is 294 g/mol. The second-order valence-electron chi connectivity index (χ2n) is 4.92. The molecule has 22 heavy (non-hydrogen) atoms. The number of nitrogens with one attached hydrogen (secondary N) is 2. The second-order valence-corrected chi connectivity index (χ2v) is 4.92. The highest BCUT2D eigenvalue weighted by Crippen LogP contribution is 2.15. The number of carbonyl (C=O) groups excluding carboxylic acids is 1. The topological polar surface area (TPSA) is 87.7 Å². The number of hydrogen-bond acceptors (Lipinski definition) is 4. The first-order valence-electron chi connectivity index (χ1n) is 6.85. The summed E-state index contributed by atoms with van der Waals surface area (Å²) in [6.45, 7) is 1.88. The largest absolute Gasteiger partial charge is 0.344 e. The molecule has 6 nitrogen and oxygen atoms in total. The highest BCUT2D eigenvalue weighted by atomic mass is 16.2. The van der Waals surface area contributed by atoms with Gasteiger partial charge in [-0.25, -0.2) is 5.10 Å². The number of hydrogen-bond donors (Lipinski definition) is 2. The number of rotatable bonds is 3. The van der Waals surface area contributed by atoms with E-state index in [0.717, 1.165) is 5.56 Å². The molecular weight excluding hydrogens is 280 g/mol. The van der Waals surface area contributed by atoms with Crippen molar-refractivity contribution in [3.8, 4) is 0 Å². The normalized spacial score (nSPS) is 12.0. The zero-order valence-corrected chi connectivity index (χ0v) is 11.9. The van der Waals surface area contributed by atoms with Gasteiger partial charge in [-0.2, -0.15) is 5.10 Å². The first-order valence-corrected chi connectivity index (χ1v) is 6.85. The fraction of sp³-hybridized carbons (Fsp3) is 0.125. The molecule has 2 N–H and O–H groups in total. The number of fused-ring (bicyclic) bond motifs is 1. The molecular formula is C16H14N4O2. The number of benzene rings is 1. The minimum absolute atomic E-state index is 0.192. The van der Waals surface area contributed by atoms with E-state index in [9.17, 15) is 9.59 Å². The van der Waals surface area contributed by atoms with Crippen LogP contribution in [-0.2, 0) is 0 Å². The molecule has 0 aliphatic carbocycles. The Morgan fingerprint density at radius 2 is 1.82 bits per heavy atom. The lowest BCUT2D eigenvalue weighted by molar-refractivity contribution is 0.0935. The van der Waals surface area contributed by atoms with Crippen LogP contribution < -0.4 is 10.9 Å². The van der Waals surface area contributed by atoms with Gasteiger partial charge in [0.2, 0.25) is 0 Å². The third-order valence-corrected chi connectivity index (χ3v) is 3.46. The van der Waals surface area contributed by atoms with Gasteiger partial charge in [0, 0.05) is 17.8 Å².